The zero-order valence-electron chi connectivity index (χ0n) is 12.9. The highest BCUT2D eigenvalue weighted by Gasteiger charge is 2.09. The average molecular weight is 285 g/mol. The van der Waals surface area contributed by atoms with Gasteiger partial charge in [-0.05, 0) is 55.7 Å². The summed E-state index contributed by atoms with van der Waals surface area (Å²) in [5.74, 6) is 1.73. The number of methoxy groups -OCH3 is 1. The lowest BCUT2D eigenvalue weighted by molar-refractivity contribution is 0.242. The summed E-state index contributed by atoms with van der Waals surface area (Å²) in [6.45, 7) is 4.04. The van der Waals surface area contributed by atoms with E-state index in [0.717, 1.165) is 23.5 Å². The van der Waals surface area contributed by atoms with Crippen LogP contribution >= 0.6 is 0 Å². The molecule has 0 aromatic heterocycles. The van der Waals surface area contributed by atoms with Gasteiger partial charge in [-0.1, -0.05) is 24.3 Å². The molecule has 0 aliphatic heterocycles. The van der Waals surface area contributed by atoms with E-state index in [2.05, 4.69) is 0 Å². The third-order valence-electron chi connectivity index (χ3n) is 3.27. The summed E-state index contributed by atoms with van der Waals surface area (Å²) in [4.78, 5) is 0. The van der Waals surface area contributed by atoms with Gasteiger partial charge in [0.05, 0.1) is 13.2 Å². The Hall–Kier alpha value is -2.00. The van der Waals surface area contributed by atoms with Crippen LogP contribution in [-0.4, -0.2) is 13.2 Å². The van der Waals surface area contributed by atoms with E-state index in [1.807, 2.05) is 62.4 Å². The van der Waals surface area contributed by atoms with Crippen LogP contribution in [0.25, 0.3) is 0 Å². The van der Waals surface area contributed by atoms with Crippen LogP contribution in [0.5, 0.6) is 11.5 Å². The van der Waals surface area contributed by atoms with Crippen molar-refractivity contribution < 1.29 is 9.47 Å². The van der Waals surface area contributed by atoms with E-state index in [1.165, 1.54) is 5.56 Å². The number of benzene rings is 2. The molecule has 0 radical (unpaired) electrons. The molecule has 1 unspecified atom stereocenters. The quantitative estimate of drug-likeness (QED) is 0.879. The third-order valence-corrected chi connectivity index (χ3v) is 3.27. The predicted octanol–water partition coefficient (Wildman–Crippen LogP) is 3.72. The first-order valence-corrected chi connectivity index (χ1v) is 7.23. The van der Waals surface area contributed by atoms with Crippen molar-refractivity contribution in [3.8, 4) is 11.5 Å². The Morgan fingerprint density at radius 3 is 2.33 bits per heavy atom. The van der Waals surface area contributed by atoms with E-state index < -0.39 is 0 Å². The summed E-state index contributed by atoms with van der Waals surface area (Å²) in [5, 5.41) is 0. The van der Waals surface area contributed by atoms with Gasteiger partial charge >= 0.3 is 0 Å². The first-order valence-electron chi connectivity index (χ1n) is 7.23. The number of ether oxygens (including phenoxy) is 2. The Kier molecular flexibility index (Phi) is 5.23. The van der Waals surface area contributed by atoms with E-state index in [9.17, 15) is 0 Å². The van der Waals surface area contributed by atoms with Crippen molar-refractivity contribution in [1.82, 2.24) is 0 Å². The largest absolute Gasteiger partial charge is 0.497 e. The van der Waals surface area contributed by atoms with E-state index in [4.69, 9.17) is 15.2 Å². The molecule has 3 heteroatoms. The molecule has 2 rings (SSSR count). The summed E-state index contributed by atoms with van der Waals surface area (Å²) >= 11 is 0. The molecule has 0 fully saturated rings. The van der Waals surface area contributed by atoms with Gasteiger partial charge in [0.15, 0.2) is 0 Å². The van der Waals surface area contributed by atoms with Crippen LogP contribution in [0.15, 0.2) is 48.5 Å². The van der Waals surface area contributed by atoms with Crippen LogP contribution in [0.3, 0.4) is 0 Å². The van der Waals surface area contributed by atoms with Crippen LogP contribution in [0.4, 0.5) is 0 Å². The second-order valence-corrected chi connectivity index (χ2v) is 5.40. The maximum atomic E-state index is 6.31. The predicted molar refractivity (Wildman–Crippen MR) is 85.8 cm³/mol. The Morgan fingerprint density at radius 2 is 1.71 bits per heavy atom. The lowest BCUT2D eigenvalue weighted by Gasteiger charge is -2.15. The first-order chi connectivity index (χ1) is 10.1. The van der Waals surface area contributed by atoms with Crippen molar-refractivity contribution in [2.45, 2.75) is 32.4 Å². The smallest absolute Gasteiger partial charge is 0.120 e. The highest BCUT2D eigenvalue weighted by atomic mass is 16.5. The topological polar surface area (TPSA) is 44.5 Å². The van der Waals surface area contributed by atoms with Gasteiger partial charge in [-0.15, -0.1) is 0 Å². The second-order valence-electron chi connectivity index (χ2n) is 5.40. The first kappa shape index (κ1) is 15.4. The van der Waals surface area contributed by atoms with Gasteiger partial charge in [-0.25, -0.2) is 0 Å². The molecule has 0 heterocycles. The Morgan fingerprint density at radius 1 is 1.00 bits per heavy atom. The van der Waals surface area contributed by atoms with Crippen LogP contribution in [0.2, 0.25) is 0 Å². The highest BCUT2D eigenvalue weighted by molar-refractivity contribution is 5.33. The van der Waals surface area contributed by atoms with Crippen molar-refractivity contribution in [3.05, 3.63) is 59.7 Å². The summed E-state index contributed by atoms with van der Waals surface area (Å²) in [6.07, 6.45) is 0.952. The van der Waals surface area contributed by atoms with Gasteiger partial charge in [0.2, 0.25) is 0 Å². The van der Waals surface area contributed by atoms with Gasteiger partial charge in [0, 0.05) is 6.04 Å². The standard InChI is InChI=1S/C18H23NO2/c1-13(2)21-17-6-4-5-15(12-17)18(19)11-14-7-9-16(20-3)10-8-14/h4-10,12-13,18H,11,19H2,1-3H3. The van der Waals surface area contributed by atoms with Crippen LogP contribution < -0.4 is 15.2 Å². The molecule has 2 aromatic rings. The van der Waals surface area contributed by atoms with Crippen molar-refractivity contribution in [2.75, 3.05) is 7.11 Å². The van der Waals surface area contributed by atoms with Crippen LogP contribution in [0.1, 0.15) is 31.0 Å². The maximum Gasteiger partial charge on any atom is 0.120 e. The van der Waals surface area contributed by atoms with Crippen molar-refractivity contribution >= 4 is 0 Å². The molecular weight excluding hydrogens is 262 g/mol. The second kappa shape index (κ2) is 7.14. The average Bonchev–Trinajstić information content (AvgIpc) is 2.47. The van der Waals surface area contributed by atoms with Gasteiger partial charge in [0.1, 0.15) is 11.5 Å². The molecule has 0 spiro atoms. The fourth-order valence-corrected chi connectivity index (χ4v) is 2.22. The lowest BCUT2D eigenvalue weighted by Crippen LogP contribution is -2.14. The Bertz CT molecular complexity index is 564. The number of hydrogen-bond acceptors (Lipinski definition) is 3. The normalized spacial score (nSPS) is 12.2. The molecule has 21 heavy (non-hydrogen) atoms. The molecule has 2 N–H and O–H groups in total. The van der Waals surface area contributed by atoms with Crippen molar-refractivity contribution in [3.63, 3.8) is 0 Å². The zero-order valence-corrected chi connectivity index (χ0v) is 12.9. The molecule has 0 saturated heterocycles. The van der Waals surface area contributed by atoms with Crippen LogP contribution in [-0.2, 0) is 6.42 Å². The molecule has 2 aromatic carbocycles. The highest BCUT2D eigenvalue weighted by Crippen LogP contribution is 2.22. The molecule has 0 aliphatic carbocycles. The van der Waals surface area contributed by atoms with E-state index in [-0.39, 0.29) is 12.1 Å². The molecule has 112 valence electrons. The molecule has 3 nitrogen and oxygen atoms in total. The molecular formula is C18H23NO2. The summed E-state index contributed by atoms with van der Waals surface area (Å²) in [7, 11) is 1.67. The summed E-state index contributed by atoms with van der Waals surface area (Å²) < 4.78 is 10.9. The summed E-state index contributed by atoms with van der Waals surface area (Å²) in [6, 6.07) is 16.0. The third kappa shape index (κ3) is 4.50. The van der Waals surface area contributed by atoms with E-state index in [1.54, 1.807) is 7.11 Å². The molecule has 0 bridgehead atoms. The van der Waals surface area contributed by atoms with Gasteiger partial charge < -0.3 is 15.2 Å². The lowest BCUT2D eigenvalue weighted by atomic mass is 9.99. The molecule has 0 aliphatic rings. The number of hydrogen-bond donors (Lipinski definition) is 1. The number of nitrogens with two attached hydrogens (primary N) is 1. The maximum absolute atomic E-state index is 6.31. The Balaban J connectivity index is 2.06. The SMILES string of the molecule is COc1ccc(CC(N)c2cccc(OC(C)C)c2)cc1. The van der Waals surface area contributed by atoms with E-state index >= 15 is 0 Å². The van der Waals surface area contributed by atoms with Gasteiger partial charge in [-0.3, -0.25) is 0 Å². The minimum atomic E-state index is -0.0471. The molecule has 0 saturated carbocycles. The minimum absolute atomic E-state index is 0.0471. The van der Waals surface area contributed by atoms with Gasteiger partial charge in [0.25, 0.3) is 0 Å². The molecule has 0 amide bonds. The van der Waals surface area contributed by atoms with Crippen molar-refractivity contribution in [2.24, 2.45) is 5.73 Å². The fourth-order valence-electron chi connectivity index (χ4n) is 2.22. The van der Waals surface area contributed by atoms with Gasteiger partial charge in [-0.2, -0.15) is 0 Å². The number of rotatable bonds is 6. The monoisotopic (exact) mass is 285 g/mol. The summed E-state index contributed by atoms with van der Waals surface area (Å²) in [5.41, 5.74) is 8.59. The Labute approximate surface area is 126 Å². The zero-order chi connectivity index (χ0) is 15.2. The molecule has 1 atom stereocenters. The fraction of sp³-hybridized carbons (Fsp3) is 0.333. The van der Waals surface area contributed by atoms with E-state index in [0.29, 0.717) is 0 Å². The van der Waals surface area contributed by atoms with Crippen molar-refractivity contribution in [1.29, 1.82) is 0 Å². The van der Waals surface area contributed by atoms with Crippen LogP contribution in [0, 0.1) is 0 Å². The minimum Gasteiger partial charge on any atom is -0.497 e.